The monoisotopic (exact) mass is 298 g/mol. The second-order valence-corrected chi connectivity index (χ2v) is 6.13. The van der Waals surface area contributed by atoms with E-state index in [4.69, 9.17) is 15.2 Å². The van der Waals surface area contributed by atoms with Gasteiger partial charge in [-0.05, 0) is 27.7 Å². The van der Waals surface area contributed by atoms with Crippen LogP contribution >= 0.6 is 0 Å². The lowest BCUT2D eigenvalue weighted by Crippen LogP contribution is -2.40. The molecule has 0 radical (unpaired) electrons. The first kappa shape index (κ1) is 15.4. The molecule has 21 heavy (non-hydrogen) atoms. The molecule has 0 unspecified atom stereocenters. The number of likely N-dealkylation sites (tertiary alicyclic amines) is 1. The molecule has 8 nitrogen and oxygen atoms in total. The molecule has 2 rings (SSSR count). The number of hydrazone groups is 1. The number of hydrogen-bond acceptors (Lipinski definition) is 6. The van der Waals surface area contributed by atoms with E-state index in [1.54, 1.807) is 11.8 Å². The predicted molar refractivity (Wildman–Crippen MR) is 75.6 cm³/mol. The summed E-state index contributed by atoms with van der Waals surface area (Å²) in [5, 5.41) is 5.26. The number of rotatable bonds is 1. The third-order valence-electron chi connectivity index (χ3n) is 3.31. The van der Waals surface area contributed by atoms with Crippen LogP contribution in [0.25, 0.3) is 0 Å². The Morgan fingerprint density at radius 1 is 1.33 bits per heavy atom. The molecule has 0 aromatic carbocycles. The summed E-state index contributed by atoms with van der Waals surface area (Å²) in [6.45, 7) is 8.14. The highest BCUT2D eigenvalue weighted by molar-refractivity contribution is 5.89. The van der Waals surface area contributed by atoms with Crippen molar-refractivity contribution in [1.29, 1.82) is 0 Å². The molecule has 1 saturated heterocycles. The van der Waals surface area contributed by atoms with E-state index in [9.17, 15) is 9.59 Å². The smallest absolute Gasteiger partial charge is 0.430 e. The number of nitrogens with two attached hydrogens (primary N) is 1. The average molecular weight is 298 g/mol. The summed E-state index contributed by atoms with van der Waals surface area (Å²) < 4.78 is 10.3. The average Bonchev–Trinajstić information content (AvgIpc) is 2.88. The van der Waals surface area contributed by atoms with Gasteiger partial charge in [-0.15, -0.1) is 0 Å². The first-order chi connectivity index (χ1) is 9.73. The Morgan fingerprint density at radius 3 is 2.57 bits per heavy atom. The highest BCUT2D eigenvalue weighted by Crippen LogP contribution is 2.29. The normalized spacial score (nSPS) is 24.7. The van der Waals surface area contributed by atoms with Gasteiger partial charge >= 0.3 is 12.2 Å². The summed E-state index contributed by atoms with van der Waals surface area (Å²) in [6, 6.07) is -0.281. The number of hydrogen-bond donors (Lipinski definition) is 1. The van der Waals surface area contributed by atoms with Crippen LogP contribution in [0, 0.1) is 5.92 Å². The lowest BCUT2D eigenvalue weighted by molar-refractivity contribution is 0.0273. The van der Waals surface area contributed by atoms with Gasteiger partial charge in [-0.3, -0.25) is 0 Å². The van der Waals surface area contributed by atoms with Crippen molar-refractivity contribution in [3.63, 3.8) is 0 Å². The Kier molecular flexibility index (Phi) is 3.97. The maximum absolute atomic E-state index is 12.1. The van der Waals surface area contributed by atoms with Crippen molar-refractivity contribution in [2.24, 2.45) is 16.8 Å². The van der Waals surface area contributed by atoms with Crippen LogP contribution in [0.5, 0.6) is 0 Å². The molecule has 2 atom stereocenters. The molecule has 0 aliphatic carbocycles. The molecule has 0 spiro atoms. The zero-order valence-corrected chi connectivity index (χ0v) is 12.8. The molecule has 2 aliphatic heterocycles. The standard InChI is InChI=1S/C13H22N4O4/c1-5-20-12(19)17-9-7-16(6-8(9)10(14)15-17)11(18)21-13(2,3)4/h8-9H,5-7H2,1-4H3,(H2,14,15)/t8-,9+/m1/s1. The van der Waals surface area contributed by atoms with Gasteiger partial charge in [-0.25, -0.2) is 9.59 Å². The molecule has 2 aliphatic rings. The van der Waals surface area contributed by atoms with Gasteiger partial charge in [0.15, 0.2) is 0 Å². The van der Waals surface area contributed by atoms with E-state index in [1.165, 1.54) is 5.01 Å². The molecule has 2 N–H and O–H groups in total. The third kappa shape index (κ3) is 3.20. The highest BCUT2D eigenvalue weighted by Gasteiger charge is 2.48. The van der Waals surface area contributed by atoms with Gasteiger partial charge in [0.2, 0.25) is 0 Å². The number of nitrogens with zero attached hydrogens (tertiary/aromatic N) is 3. The van der Waals surface area contributed by atoms with Crippen LogP contribution in [-0.4, -0.2) is 59.3 Å². The van der Waals surface area contributed by atoms with E-state index in [2.05, 4.69) is 5.10 Å². The van der Waals surface area contributed by atoms with Crippen molar-refractivity contribution < 1.29 is 19.1 Å². The summed E-state index contributed by atoms with van der Waals surface area (Å²) >= 11 is 0. The minimum Gasteiger partial charge on any atom is -0.448 e. The molecule has 8 heteroatoms. The van der Waals surface area contributed by atoms with Crippen LogP contribution in [0.15, 0.2) is 5.10 Å². The molecule has 0 bridgehead atoms. The van der Waals surface area contributed by atoms with Gasteiger partial charge in [0.1, 0.15) is 11.4 Å². The van der Waals surface area contributed by atoms with Crippen molar-refractivity contribution in [3.05, 3.63) is 0 Å². The molecule has 1 fully saturated rings. The van der Waals surface area contributed by atoms with Crippen molar-refractivity contribution in [3.8, 4) is 0 Å². The van der Waals surface area contributed by atoms with E-state index in [-0.39, 0.29) is 18.6 Å². The molecule has 0 saturated carbocycles. The van der Waals surface area contributed by atoms with Crippen LogP contribution in [0.3, 0.4) is 0 Å². The van der Waals surface area contributed by atoms with Crippen molar-refractivity contribution in [1.82, 2.24) is 9.91 Å². The summed E-state index contributed by atoms with van der Waals surface area (Å²) in [5.74, 6) is 0.182. The number of amides is 2. The van der Waals surface area contributed by atoms with Crippen LogP contribution in [0.4, 0.5) is 9.59 Å². The highest BCUT2D eigenvalue weighted by atomic mass is 16.6. The van der Waals surface area contributed by atoms with Gasteiger partial charge in [-0.2, -0.15) is 10.1 Å². The Labute approximate surface area is 123 Å². The van der Waals surface area contributed by atoms with E-state index in [0.717, 1.165) is 0 Å². The molecular formula is C13H22N4O4. The van der Waals surface area contributed by atoms with Crippen molar-refractivity contribution in [2.75, 3.05) is 19.7 Å². The summed E-state index contributed by atoms with van der Waals surface area (Å²) in [6.07, 6.45) is -0.951. The fourth-order valence-electron chi connectivity index (χ4n) is 2.44. The molecule has 2 heterocycles. The SMILES string of the molecule is CCOC(=O)N1N=C(N)[C@@H]2CN(C(=O)OC(C)(C)C)C[C@@H]21. The van der Waals surface area contributed by atoms with E-state index < -0.39 is 17.8 Å². The van der Waals surface area contributed by atoms with Crippen molar-refractivity contribution in [2.45, 2.75) is 39.3 Å². The number of fused-ring (bicyclic) bond motifs is 1. The minimum atomic E-state index is -0.560. The molecule has 0 aromatic rings. The van der Waals surface area contributed by atoms with Gasteiger partial charge in [0.25, 0.3) is 0 Å². The number of amidine groups is 1. The van der Waals surface area contributed by atoms with Gasteiger partial charge in [-0.1, -0.05) is 0 Å². The largest absolute Gasteiger partial charge is 0.448 e. The number of carbonyl (C=O) groups is 2. The Morgan fingerprint density at radius 2 is 2.00 bits per heavy atom. The lowest BCUT2D eigenvalue weighted by Gasteiger charge is -2.25. The van der Waals surface area contributed by atoms with Crippen LogP contribution < -0.4 is 5.73 Å². The fourth-order valence-corrected chi connectivity index (χ4v) is 2.44. The van der Waals surface area contributed by atoms with Gasteiger partial charge in [0.05, 0.1) is 18.6 Å². The third-order valence-corrected chi connectivity index (χ3v) is 3.31. The molecule has 0 aromatic heterocycles. The number of ether oxygens (including phenoxy) is 2. The molecule has 2 amide bonds. The van der Waals surface area contributed by atoms with Crippen LogP contribution in [-0.2, 0) is 9.47 Å². The fraction of sp³-hybridized carbons (Fsp3) is 0.769. The first-order valence-corrected chi connectivity index (χ1v) is 7.01. The zero-order valence-electron chi connectivity index (χ0n) is 12.8. The second-order valence-electron chi connectivity index (χ2n) is 6.13. The van der Waals surface area contributed by atoms with E-state index in [1.807, 2.05) is 20.8 Å². The molecular weight excluding hydrogens is 276 g/mol. The first-order valence-electron chi connectivity index (χ1n) is 7.01. The summed E-state index contributed by atoms with van der Waals surface area (Å²) in [5.41, 5.74) is 5.30. The predicted octanol–water partition coefficient (Wildman–Crippen LogP) is 0.966. The molecule has 118 valence electrons. The summed E-state index contributed by atoms with van der Waals surface area (Å²) in [4.78, 5) is 25.5. The maximum Gasteiger partial charge on any atom is 0.430 e. The maximum atomic E-state index is 12.1. The topological polar surface area (TPSA) is 97.5 Å². The van der Waals surface area contributed by atoms with Gasteiger partial charge in [0, 0.05) is 13.1 Å². The van der Waals surface area contributed by atoms with Crippen LogP contribution in [0.2, 0.25) is 0 Å². The van der Waals surface area contributed by atoms with Crippen LogP contribution in [0.1, 0.15) is 27.7 Å². The Bertz CT molecular complexity index is 471. The zero-order chi connectivity index (χ0) is 15.8. The Hall–Kier alpha value is -1.99. The quantitative estimate of drug-likeness (QED) is 0.777. The lowest BCUT2D eigenvalue weighted by atomic mass is 10.0. The Balaban J connectivity index is 2.05. The summed E-state index contributed by atoms with van der Waals surface area (Å²) in [7, 11) is 0. The minimum absolute atomic E-state index is 0.165. The van der Waals surface area contributed by atoms with Crippen molar-refractivity contribution >= 4 is 18.0 Å². The van der Waals surface area contributed by atoms with E-state index >= 15 is 0 Å². The van der Waals surface area contributed by atoms with Gasteiger partial charge < -0.3 is 20.1 Å². The van der Waals surface area contributed by atoms with E-state index in [0.29, 0.717) is 18.9 Å². The second kappa shape index (κ2) is 5.42. The number of carbonyl (C=O) groups excluding carboxylic acids is 2.